The molecular formula is C17H18ClNO. The lowest BCUT2D eigenvalue weighted by molar-refractivity contribution is 0.222. The average Bonchev–Trinajstić information content (AvgIpc) is 2.88. The highest BCUT2D eigenvalue weighted by molar-refractivity contribution is 6.30. The summed E-state index contributed by atoms with van der Waals surface area (Å²) >= 11 is 5.91. The van der Waals surface area contributed by atoms with Crippen LogP contribution >= 0.6 is 11.6 Å². The van der Waals surface area contributed by atoms with E-state index >= 15 is 0 Å². The van der Waals surface area contributed by atoms with Crippen LogP contribution in [0.25, 0.3) is 0 Å². The summed E-state index contributed by atoms with van der Waals surface area (Å²) in [6.07, 6.45) is 1.21. The Hall–Kier alpha value is -1.51. The third-order valence-electron chi connectivity index (χ3n) is 3.74. The number of fused-ring (bicyclic) bond motifs is 1. The summed E-state index contributed by atoms with van der Waals surface area (Å²) in [5.74, 6) is 1.03. The molecule has 2 atom stereocenters. The van der Waals surface area contributed by atoms with Crippen LogP contribution in [0.4, 0.5) is 0 Å². The first-order valence-electron chi connectivity index (χ1n) is 6.96. The van der Waals surface area contributed by atoms with Gasteiger partial charge < -0.3 is 10.1 Å². The minimum atomic E-state index is 0.224. The van der Waals surface area contributed by atoms with Crippen molar-refractivity contribution in [1.82, 2.24) is 5.32 Å². The fourth-order valence-electron chi connectivity index (χ4n) is 2.55. The Bertz CT molecular complexity index is 557. The number of ether oxygens (including phenoxy) is 1. The highest BCUT2D eigenvalue weighted by Gasteiger charge is 2.22. The predicted octanol–water partition coefficient (Wildman–Crippen LogP) is 3.99. The predicted molar refractivity (Wildman–Crippen MR) is 82.4 cm³/mol. The molecule has 2 nitrogen and oxygen atoms in total. The van der Waals surface area contributed by atoms with E-state index in [1.807, 2.05) is 24.3 Å². The topological polar surface area (TPSA) is 21.3 Å². The van der Waals surface area contributed by atoms with Gasteiger partial charge in [0.15, 0.2) is 0 Å². The van der Waals surface area contributed by atoms with Gasteiger partial charge in [0, 0.05) is 24.0 Å². The minimum Gasteiger partial charge on any atom is -0.488 e. The lowest BCUT2D eigenvalue weighted by Crippen LogP contribution is -2.31. The molecule has 1 aliphatic rings. The number of benzene rings is 2. The van der Waals surface area contributed by atoms with Crippen molar-refractivity contribution >= 4 is 11.6 Å². The van der Waals surface area contributed by atoms with E-state index in [4.69, 9.17) is 16.3 Å². The van der Waals surface area contributed by atoms with Crippen LogP contribution in [0, 0.1) is 0 Å². The summed E-state index contributed by atoms with van der Waals surface area (Å²) in [4.78, 5) is 0. The van der Waals surface area contributed by atoms with Gasteiger partial charge in [0.2, 0.25) is 0 Å². The second-order valence-corrected chi connectivity index (χ2v) is 5.67. The van der Waals surface area contributed by atoms with Crippen LogP contribution in [-0.4, -0.2) is 12.6 Å². The van der Waals surface area contributed by atoms with Gasteiger partial charge in [0.05, 0.1) is 0 Å². The van der Waals surface area contributed by atoms with Crippen molar-refractivity contribution in [2.24, 2.45) is 0 Å². The normalized spacial score (nSPS) is 18.4. The lowest BCUT2D eigenvalue weighted by Gasteiger charge is -2.17. The molecule has 0 aliphatic carbocycles. The van der Waals surface area contributed by atoms with Crippen molar-refractivity contribution < 1.29 is 4.74 Å². The molecular weight excluding hydrogens is 270 g/mol. The number of nitrogens with one attached hydrogen (secondary N) is 1. The molecule has 0 saturated heterocycles. The number of rotatable bonds is 4. The van der Waals surface area contributed by atoms with Crippen LogP contribution in [0.5, 0.6) is 5.75 Å². The highest BCUT2D eigenvalue weighted by Crippen LogP contribution is 2.28. The van der Waals surface area contributed by atoms with E-state index in [1.165, 1.54) is 11.1 Å². The zero-order valence-corrected chi connectivity index (χ0v) is 12.2. The molecule has 0 spiro atoms. The monoisotopic (exact) mass is 287 g/mol. The molecule has 0 saturated carbocycles. The Morgan fingerprint density at radius 2 is 1.95 bits per heavy atom. The van der Waals surface area contributed by atoms with Gasteiger partial charge >= 0.3 is 0 Å². The molecule has 0 bridgehead atoms. The third kappa shape index (κ3) is 2.97. The van der Waals surface area contributed by atoms with E-state index in [-0.39, 0.29) is 6.10 Å². The fraction of sp³-hybridized carbons (Fsp3) is 0.294. The molecule has 104 valence electrons. The quantitative estimate of drug-likeness (QED) is 0.918. The van der Waals surface area contributed by atoms with Crippen LogP contribution in [0.15, 0.2) is 48.5 Å². The third-order valence-corrected chi connectivity index (χ3v) is 3.99. The Labute approximate surface area is 124 Å². The van der Waals surface area contributed by atoms with Crippen LogP contribution in [0.1, 0.15) is 24.1 Å². The summed E-state index contributed by atoms with van der Waals surface area (Å²) in [6, 6.07) is 16.5. The number of halogens is 1. The summed E-state index contributed by atoms with van der Waals surface area (Å²) < 4.78 is 5.93. The molecule has 1 aliphatic heterocycles. The van der Waals surface area contributed by atoms with E-state index in [2.05, 4.69) is 36.5 Å². The smallest absolute Gasteiger partial charge is 0.123 e. The SMILES string of the molecule is C[C@@H](NCC1Cc2ccccc2O1)c1ccc(Cl)cc1. The van der Waals surface area contributed by atoms with E-state index in [0.29, 0.717) is 6.04 Å². The van der Waals surface area contributed by atoms with Gasteiger partial charge in [0.25, 0.3) is 0 Å². The molecule has 20 heavy (non-hydrogen) atoms. The van der Waals surface area contributed by atoms with Gasteiger partial charge in [-0.2, -0.15) is 0 Å². The molecule has 1 unspecified atom stereocenters. The summed E-state index contributed by atoms with van der Waals surface area (Å²) in [6.45, 7) is 3.00. The van der Waals surface area contributed by atoms with Crippen molar-refractivity contribution in [2.75, 3.05) is 6.54 Å². The Kier molecular flexibility index (Phi) is 3.95. The Morgan fingerprint density at radius 1 is 1.20 bits per heavy atom. The van der Waals surface area contributed by atoms with E-state index in [1.54, 1.807) is 0 Å². The van der Waals surface area contributed by atoms with Crippen molar-refractivity contribution in [3.8, 4) is 5.75 Å². The number of hydrogen-bond acceptors (Lipinski definition) is 2. The lowest BCUT2D eigenvalue weighted by atomic mass is 10.1. The molecule has 2 aromatic rings. The maximum atomic E-state index is 5.93. The molecule has 3 rings (SSSR count). The molecule has 2 aromatic carbocycles. The second kappa shape index (κ2) is 5.86. The zero-order valence-electron chi connectivity index (χ0n) is 11.5. The highest BCUT2D eigenvalue weighted by atomic mass is 35.5. The van der Waals surface area contributed by atoms with Crippen molar-refractivity contribution in [2.45, 2.75) is 25.5 Å². The number of hydrogen-bond donors (Lipinski definition) is 1. The molecule has 1 heterocycles. The van der Waals surface area contributed by atoms with Gasteiger partial charge in [-0.3, -0.25) is 0 Å². The number of para-hydroxylation sites is 1. The fourth-order valence-corrected chi connectivity index (χ4v) is 2.67. The summed E-state index contributed by atoms with van der Waals surface area (Å²) in [5.41, 5.74) is 2.54. The molecule has 0 amide bonds. The van der Waals surface area contributed by atoms with Crippen molar-refractivity contribution in [1.29, 1.82) is 0 Å². The zero-order chi connectivity index (χ0) is 13.9. The van der Waals surface area contributed by atoms with Gasteiger partial charge in [-0.1, -0.05) is 41.9 Å². The van der Waals surface area contributed by atoms with Gasteiger partial charge in [-0.25, -0.2) is 0 Å². The van der Waals surface area contributed by atoms with E-state index < -0.39 is 0 Å². The first-order valence-corrected chi connectivity index (χ1v) is 7.33. The summed E-state index contributed by atoms with van der Waals surface area (Å²) in [7, 11) is 0. The van der Waals surface area contributed by atoms with Crippen LogP contribution in [0.2, 0.25) is 5.02 Å². The average molecular weight is 288 g/mol. The molecule has 3 heteroatoms. The van der Waals surface area contributed by atoms with Crippen LogP contribution < -0.4 is 10.1 Å². The molecule has 0 aromatic heterocycles. The maximum absolute atomic E-state index is 5.93. The van der Waals surface area contributed by atoms with Gasteiger partial charge in [0.1, 0.15) is 11.9 Å². The first kappa shape index (κ1) is 13.5. The minimum absolute atomic E-state index is 0.224. The Balaban J connectivity index is 1.55. The maximum Gasteiger partial charge on any atom is 0.123 e. The van der Waals surface area contributed by atoms with E-state index in [9.17, 15) is 0 Å². The van der Waals surface area contributed by atoms with Crippen LogP contribution in [-0.2, 0) is 6.42 Å². The Morgan fingerprint density at radius 3 is 2.70 bits per heavy atom. The van der Waals surface area contributed by atoms with E-state index in [0.717, 1.165) is 23.7 Å². The van der Waals surface area contributed by atoms with Gasteiger partial charge in [-0.15, -0.1) is 0 Å². The molecule has 0 radical (unpaired) electrons. The largest absolute Gasteiger partial charge is 0.488 e. The first-order chi connectivity index (χ1) is 9.72. The summed E-state index contributed by atoms with van der Waals surface area (Å²) in [5, 5.41) is 4.30. The standard InChI is InChI=1S/C17H18ClNO/c1-12(13-6-8-15(18)9-7-13)19-11-16-10-14-4-2-3-5-17(14)20-16/h2-9,12,16,19H,10-11H2,1H3/t12-,16?/m1/s1. The van der Waals surface area contributed by atoms with Crippen LogP contribution in [0.3, 0.4) is 0 Å². The van der Waals surface area contributed by atoms with Gasteiger partial charge in [-0.05, 0) is 36.2 Å². The second-order valence-electron chi connectivity index (χ2n) is 5.23. The van der Waals surface area contributed by atoms with Crippen molar-refractivity contribution in [3.05, 3.63) is 64.7 Å². The van der Waals surface area contributed by atoms with Crippen molar-refractivity contribution in [3.63, 3.8) is 0 Å². The molecule has 0 fully saturated rings. The molecule has 1 N–H and O–H groups in total.